The lowest BCUT2D eigenvalue weighted by Gasteiger charge is -2.23. The zero-order chi connectivity index (χ0) is 23.6. The summed E-state index contributed by atoms with van der Waals surface area (Å²) in [6.45, 7) is 11.1. The Balaban J connectivity index is 1.68. The van der Waals surface area contributed by atoms with Crippen LogP contribution in [0, 0.1) is 13.8 Å². The lowest BCUT2D eigenvalue weighted by atomic mass is 9.82. The van der Waals surface area contributed by atoms with E-state index >= 15 is 0 Å². The number of hydrogen-bond acceptors (Lipinski definition) is 3. The molecule has 0 aliphatic heterocycles. The molecule has 0 unspecified atom stereocenters. The molecule has 6 rings (SSSR count). The first-order valence-corrected chi connectivity index (χ1v) is 12.5. The smallest absolute Gasteiger partial charge is 0.134 e. The van der Waals surface area contributed by atoms with Gasteiger partial charge in [0, 0.05) is 26.8 Å². The van der Waals surface area contributed by atoms with Crippen LogP contribution in [0.25, 0.3) is 54.3 Å². The van der Waals surface area contributed by atoms with E-state index in [1.807, 2.05) is 12.1 Å². The monoisotopic (exact) mass is 461 g/mol. The van der Waals surface area contributed by atoms with Crippen LogP contribution >= 0.6 is 11.3 Å². The summed E-state index contributed by atoms with van der Waals surface area (Å²) in [5, 5.41) is 4.90. The van der Waals surface area contributed by atoms with Crippen molar-refractivity contribution >= 4 is 43.3 Å². The summed E-state index contributed by atoms with van der Waals surface area (Å²) in [6.07, 6.45) is 0. The topological polar surface area (TPSA) is 26.0 Å². The number of pyridine rings is 1. The van der Waals surface area contributed by atoms with Crippen molar-refractivity contribution in [2.24, 2.45) is 0 Å². The highest BCUT2D eigenvalue weighted by Gasteiger charge is 2.21. The normalized spacial score (nSPS) is 12.3. The predicted molar refractivity (Wildman–Crippen MR) is 146 cm³/mol. The molecule has 168 valence electrons. The van der Waals surface area contributed by atoms with E-state index in [0.29, 0.717) is 0 Å². The Morgan fingerprint density at radius 3 is 2.32 bits per heavy atom. The minimum absolute atomic E-state index is 0.0272. The summed E-state index contributed by atoms with van der Waals surface area (Å²) in [4.78, 5) is 7.50. The van der Waals surface area contributed by atoms with Gasteiger partial charge in [-0.05, 0) is 71.5 Å². The molecule has 0 radical (unpaired) electrons. The minimum Gasteiger partial charge on any atom is -0.461 e. The van der Waals surface area contributed by atoms with Crippen LogP contribution in [0.15, 0.2) is 77.2 Å². The van der Waals surface area contributed by atoms with E-state index in [0.717, 1.165) is 32.8 Å². The first-order chi connectivity index (χ1) is 16.3. The van der Waals surface area contributed by atoms with Crippen LogP contribution < -0.4 is 0 Å². The molecule has 34 heavy (non-hydrogen) atoms. The molecule has 0 aliphatic rings. The number of rotatable bonds is 2. The third-order valence-corrected chi connectivity index (χ3v) is 7.58. The SMILES string of the molecule is Cc1cc2c(-c3c(C)oc4ccccc34)cc(-c3cc(C(C)(C)C)c4ccccc4c3)nc2s1. The molecule has 3 heterocycles. The highest BCUT2D eigenvalue weighted by molar-refractivity contribution is 7.18. The van der Waals surface area contributed by atoms with E-state index in [-0.39, 0.29) is 5.41 Å². The first-order valence-electron chi connectivity index (χ1n) is 11.7. The Labute approximate surface area is 203 Å². The molecule has 0 spiro atoms. The van der Waals surface area contributed by atoms with Gasteiger partial charge < -0.3 is 4.42 Å². The van der Waals surface area contributed by atoms with Gasteiger partial charge in [-0.1, -0.05) is 63.2 Å². The van der Waals surface area contributed by atoms with E-state index in [9.17, 15) is 0 Å². The van der Waals surface area contributed by atoms with E-state index in [1.54, 1.807) is 11.3 Å². The summed E-state index contributed by atoms with van der Waals surface area (Å²) in [6, 6.07) is 26.1. The van der Waals surface area contributed by atoms with Gasteiger partial charge in [-0.3, -0.25) is 0 Å². The number of aryl methyl sites for hydroxylation is 2. The molecule has 0 amide bonds. The number of aromatic nitrogens is 1. The van der Waals surface area contributed by atoms with Crippen molar-refractivity contribution < 1.29 is 4.42 Å². The molecular formula is C31H27NOS. The van der Waals surface area contributed by atoms with E-state index in [1.165, 1.54) is 37.7 Å². The van der Waals surface area contributed by atoms with Gasteiger partial charge in [0.05, 0.1) is 5.69 Å². The largest absolute Gasteiger partial charge is 0.461 e. The van der Waals surface area contributed by atoms with Gasteiger partial charge in [-0.25, -0.2) is 4.98 Å². The van der Waals surface area contributed by atoms with Crippen molar-refractivity contribution in [2.75, 3.05) is 0 Å². The molecular weight excluding hydrogens is 434 g/mol. The summed E-state index contributed by atoms with van der Waals surface area (Å²) >= 11 is 1.76. The molecule has 0 N–H and O–H groups in total. The molecule has 2 nitrogen and oxygen atoms in total. The van der Waals surface area contributed by atoms with Crippen LogP contribution in [0.4, 0.5) is 0 Å². The lowest BCUT2D eigenvalue weighted by Crippen LogP contribution is -2.12. The van der Waals surface area contributed by atoms with Crippen LogP contribution in [0.3, 0.4) is 0 Å². The maximum Gasteiger partial charge on any atom is 0.134 e. The second kappa shape index (κ2) is 7.54. The fraction of sp³-hybridized carbons (Fsp3) is 0.194. The standard InChI is InChI=1S/C31H27NOS/c1-18-14-25-24(29-19(2)33-28-13-9-8-12-23(28)29)17-27(32-30(25)34-18)21-15-20-10-6-7-11-22(20)26(16-21)31(3,4)5/h6-17H,1-5H3. The molecule has 0 fully saturated rings. The van der Waals surface area contributed by atoms with Gasteiger partial charge in [0.25, 0.3) is 0 Å². The molecule has 3 aromatic carbocycles. The van der Waals surface area contributed by atoms with Gasteiger partial charge in [-0.2, -0.15) is 0 Å². The van der Waals surface area contributed by atoms with Crippen molar-refractivity contribution in [3.05, 3.63) is 89.0 Å². The summed E-state index contributed by atoms with van der Waals surface area (Å²) in [5.41, 5.74) is 6.81. The highest BCUT2D eigenvalue weighted by atomic mass is 32.1. The van der Waals surface area contributed by atoms with E-state index < -0.39 is 0 Å². The second-order valence-electron chi connectivity index (χ2n) is 10.2. The molecule has 0 saturated heterocycles. The van der Waals surface area contributed by atoms with Crippen LogP contribution in [0.2, 0.25) is 0 Å². The number of hydrogen-bond donors (Lipinski definition) is 0. The lowest BCUT2D eigenvalue weighted by molar-refractivity contribution is 0.580. The number of nitrogens with zero attached hydrogens (tertiary/aromatic N) is 1. The van der Waals surface area contributed by atoms with Crippen LogP contribution in [-0.2, 0) is 5.41 Å². The van der Waals surface area contributed by atoms with Crippen LogP contribution in [0.1, 0.15) is 37.0 Å². The summed E-state index contributed by atoms with van der Waals surface area (Å²) < 4.78 is 6.16. The zero-order valence-electron chi connectivity index (χ0n) is 20.2. The summed E-state index contributed by atoms with van der Waals surface area (Å²) in [5.74, 6) is 0.942. The predicted octanol–water partition coefficient (Wildman–Crippen LogP) is 9.44. The van der Waals surface area contributed by atoms with Gasteiger partial charge in [0.2, 0.25) is 0 Å². The number of thiophene rings is 1. The number of furan rings is 1. The van der Waals surface area contributed by atoms with Gasteiger partial charge in [0.1, 0.15) is 16.2 Å². The molecule has 3 heteroatoms. The van der Waals surface area contributed by atoms with Gasteiger partial charge >= 0.3 is 0 Å². The fourth-order valence-electron chi connectivity index (χ4n) is 5.07. The first kappa shape index (κ1) is 21.1. The van der Waals surface area contributed by atoms with Crippen LogP contribution in [-0.4, -0.2) is 4.98 Å². The van der Waals surface area contributed by atoms with Crippen LogP contribution in [0.5, 0.6) is 0 Å². The minimum atomic E-state index is 0.0272. The molecule has 0 bridgehead atoms. The van der Waals surface area contributed by atoms with Crippen molar-refractivity contribution in [1.82, 2.24) is 4.98 Å². The quantitative estimate of drug-likeness (QED) is 0.257. The molecule has 0 atom stereocenters. The number of para-hydroxylation sites is 1. The molecule has 0 saturated carbocycles. The maximum absolute atomic E-state index is 6.16. The third-order valence-electron chi connectivity index (χ3n) is 6.64. The highest BCUT2D eigenvalue weighted by Crippen LogP contribution is 2.42. The van der Waals surface area contributed by atoms with E-state index in [2.05, 4.69) is 95.3 Å². The van der Waals surface area contributed by atoms with E-state index in [4.69, 9.17) is 9.40 Å². The van der Waals surface area contributed by atoms with Crippen molar-refractivity contribution in [1.29, 1.82) is 0 Å². The Morgan fingerprint density at radius 1 is 0.794 bits per heavy atom. The Morgan fingerprint density at radius 2 is 1.53 bits per heavy atom. The van der Waals surface area contributed by atoms with Crippen molar-refractivity contribution in [3.8, 4) is 22.4 Å². The fourth-order valence-corrected chi connectivity index (χ4v) is 5.97. The Kier molecular flexibility index (Phi) is 4.69. The second-order valence-corrected chi connectivity index (χ2v) is 11.4. The Bertz CT molecular complexity index is 1710. The molecule has 3 aromatic heterocycles. The number of benzene rings is 3. The number of fused-ring (bicyclic) bond motifs is 3. The average molecular weight is 462 g/mol. The average Bonchev–Trinajstić information content (AvgIpc) is 3.35. The zero-order valence-corrected chi connectivity index (χ0v) is 21.0. The third kappa shape index (κ3) is 3.35. The van der Waals surface area contributed by atoms with Crippen molar-refractivity contribution in [2.45, 2.75) is 40.0 Å². The molecule has 6 aromatic rings. The molecule has 0 aliphatic carbocycles. The maximum atomic E-state index is 6.16. The van der Waals surface area contributed by atoms with Gasteiger partial charge in [0.15, 0.2) is 0 Å². The summed E-state index contributed by atoms with van der Waals surface area (Å²) in [7, 11) is 0. The van der Waals surface area contributed by atoms with Crippen molar-refractivity contribution in [3.63, 3.8) is 0 Å². The Hall–Kier alpha value is -3.43. The van der Waals surface area contributed by atoms with Gasteiger partial charge in [-0.15, -0.1) is 11.3 Å².